The minimum absolute atomic E-state index is 0.0142. The number of anilines is 2. The molecular formula is C13H19N5O2. The van der Waals surface area contributed by atoms with Gasteiger partial charge in [-0.2, -0.15) is 0 Å². The van der Waals surface area contributed by atoms with Crippen molar-refractivity contribution >= 4 is 11.6 Å². The molecule has 108 valence electrons. The van der Waals surface area contributed by atoms with Gasteiger partial charge in [-0.3, -0.25) is 0 Å². The number of ether oxygens (including phenoxy) is 1. The van der Waals surface area contributed by atoms with E-state index in [0.717, 1.165) is 11.5 Å². The van der Waals surface area contributed by atoms with Gasteiger partial charge in [0.15, 0.2) is 5.82 Å². The van der Waals surface area contributed by atoms with Crippen LogP contribution in [0, 0.1) is 6.92 Å². The highest BCUT2D eigenvalue weighted by Crippen LogP contribution is 2.21. The van der Waals surface area contributed by atoms with Crippen LogP contribution in [-0.4, -0.2) is 17.1 Å². The third-order valence-electron chi connectivity index (χ3n) is 2.75. The van der Waals surface area contributed by atoms with Gasteiger partial charge in [0.25, 0.3) is 0 Å². The monoisotopic (exact) mass is 277 g/mol. The zero-order chi connectivity index (χ0) is 14.5. The van der Waals surface area contributed by atoms with Crippen molar-refractivity contribution in [3.8, 4) is 0 Å². The minimum Gasteiger partial charge on any atom is -0.464 e. The first kappa shape index (κ1) is 14.3. The Morgan fingerprint density at radius 2 is 2.10 bits per heavy atom. The molecule has 0 aromatic carbocycles. The Hall–Kier alpha value is -2.12. The van der Waals surface area contributed by atoms with Gasteiger partial charge in [0.1, 0.15) is 29.8 Å². The second-order valence-electron chi connectivity index (χ2n) is 4.45. The van der Waals surface area contributed by atoms with Crippen LogP contribution in [0.4, 0.5) is 11.6 Å². The van der Waals surface area contributed by atoms with Crippen LogP contribution in [0.2, 0.25) is 0 Å². The van der Waals surface area contributed by atoms with Crippen LogP contribution < -0.4 is 16.6 Å². The van der Waals surface area contributed by atoms with Gasteiger partial charge in [0.2, 0.25) is 0 Å². The summed E-state index contributed by atoms with van der Waals surface area (Å²) in [6.45, 7) is 4.22. The Bertz CT molecular complexity index is 570. The molecule has 0 saturated heterocycles. The largest absolute Gasteiger partial charge is 0.464 e. The van der Waals surface area contributed by atoms with Gasteiger partial charge in [0.05, 0.1) is 6.04 Å². The molecule has 4 N–H and O–H groups in total. The Morgan fingerprint density at radius 1 is 1.35 bits per heavy atom. The highest BCUT2D eigenvalue weighted by molar-refractivity contribution is 5.47. The quantitative estimate of drug-likeness (QED) is 0.548. The summed E-state index contributed by atoms with van der Waals surface area (Å²) >= 11 is 0. The molecule has 0 saturated carbocycles. The lowest BCUT2D eigenvalue weighted by Crippen LogP contribution is -2.14. The SMILES string of the molecule is COCc1nc(NN)cc(NC(C)c2ccc(C)o2)n1. The van der Waals surface area contributed by atoms with Crippen LogP contribution >= 0.6 is 0 Å². The summed E-state index contributed by atoms with van der Waals surface area (Å²) in [4.78, 5) is 8.55. The molecule has 2 aromatic heterocycles. The van der Waals surface area contributed by atoms with Crippen molar-refractivity contribution in [3.05, 3.63) is 35.5 Å². The number of hydrogen-bond donors (Lipinski definition) is 3. The fraction of sp³-hybridized carbons (Fsp3) is 0.385. The van der Waals surface area contributed by atoms with E-state index in [4.69, 9.17) is 15.0 Å². The second-order valence-corrected chi connectivity index (χ2v) is 4.45. The standard InChI is InChI=1S/C13H19N5O2/c1-8-4-5-10(20-8)9(2)15-11-6-12(18-14)17-13(16-11)7-19-3/h4-6,9H,7,14H2,1-3H3,(H2,15,16,17,18). The molecule has 7 heteroatoms. The molecule has 0 spiro atoms. The van der Waals surface area contributed by atoms with Crippen molar-refractivity contribution in [2.24, 2.45) is 5.84 Å². The normalized spacial score (nSPS) is 12.2. The Balaban J connectivity index is 2.17. The predicted molar refractivity (Wildman–Crippen MR) is 76.0 cm³/mol. The summed E-state index contributed by atoms with van der Waals surface area (Å²) in [5.41, 5.74) is 2.51. The second kappa shape index (κ2) is 6.36. The van der Waals surface area contributed by atoms with Gasteiger partial charge in [-0.25, -0.2) is 15.8 Å². The van der Waals surface area contributed by atoms with Crippen molar-refractivity contribution in [2.45, 2.75) is 26.5 Å². The molecule has 0 aliphatic carbocycles. The van der Waals surface area contributed by atoms with Crippen LogP contribution in [0.3, 0.4) is 0 Å². The Kier molecular flexibility index (Phi) is 4.54. The number of hydrazine groups is 1. The fourth-order valence-electron chi connectivity index (χ4n) is 1.82. The fourth-order valence-corrected chi connectivity index (χ4v) is 1.82. The summed E-state index contributed by atoms with van der Waals surface area (Å²) in [6, 6.07) is 5.58. The molecule has 0 bridgehead atoms. The van der Waals surface area contributed by atoms with Gasteiger partial charge in [-0.15, -0.1) is 0 Å². The minimum atomic E-state index is -0.0142. The van der Waals surface area contributed by atoms with E-state index in [1.165, 1.54) is 0 Å². The first-order chi connectivity index (χ1) is 9.62. The molecule has 0 radical (unpaired) electrons. The molecule has 2 heterocycles. The van der Waals surface area contributed by atoms with E-state index in [0.29, 0.717) is 24.1 Å². The summed E-state index contributed by atoms with van der Waals surface area (Å²) < 4.78 is 10.6. The molecule has 0 amide bonds. The van der Waals surface area contributed by atoms with Crippen molar-refractivity contribution in [2.75, 3.05) is 17.9 Å². The predicted octanol–water partition coefficient (Wildman–Crippen LogP) is 1.98. The number of rotatable bonds is 6. The maximum atomic E-state index is 5.58. The number of aromatic nitrogens is 2. The molecule has 1 atom stereocenters. The van der Waals surface area contributed by atoms with E-state index in [1.807, 2.05) is 26.0 Å². The maximum Gasteiger partial charge on any atom is 0.158 e. The number of nitrogens with one attached hydrogen (secondary N) is 2. The summed E-state index contributed by atoms with van der Waals surface area (Å²) in [6.07, 6.45) is 0. The van der Waals surface area contributed by atoms with Crippen LogP contribution in [0.25, 0.3) is 0 Å². The molecule has 2 aromatic rings. The van der Waals surface area contributed by atoms with Crippen LogP contribution in [0.15, 0.2) is 22.6 Å². The first-order valence-electron chi connectivity index (χ1n) is 6.28. The van der Waals surface area contributed by atoms with E-state index in [-0.39, 0.29) is 6.04 Å². The van der Waals surface area contributed by atoms with E-state index in [2.05, 4.69) is 20.7 Å². The smallest absolute Gasteiger partial charge is 0.158 e. The number of nitrogens with zero attached hydrogens (tertiary/aromatic N) is 2. The van der Waals surface area contributed by atoms with Crippen molar-refractivity contribution in [1.82, 2.24) is 9.97 Å². The third-order valence-corrected chi connectivity index (χ3v) is 2.75. The topological polar surface area (TPSA) is 98.2 Å². The summed E-state index contributed by atoms with van der Waals surface area (Å²) in [5.74, 6) is 8.85. The number of hydrogen-bond acceptors (Lipinski definition) is 7. The van der Waals surface area contributed by atoms with E-state index < -0.39 is 0 Å². The van der Waals surface area contributed by atoms with Gasteiger partial charge in [-0.05, 0) is 26.0 Å². The first-order valence-corrected chi connectivity index (χ1v) is 6.28. The lowest BCUT2D eigenvalue weighted by Gasteiger charge is -2.14. The zero-order valence-corrected chi connectivity index (χ0v) is 11.8. The number of nitrogen functional groups attached to an aromatic ring is 1. The van der Waals surface area contributed by atoms with Crippen molar-refractivity contribution in [3.63, 3.8) is 0 Å². The lowest BCUT2D eigenvalue weighted by molar-refractivity contribution is 0.178. The summed E-state index contributed by atoms with van der Waals surface area (Å²) in [5, 5.41) is 3.25. The van der Waals surface area contributed by atoms with E-state index in [9.17, 15) is 0 Å². The summed E-state index contributed by atoms with van der Waals surface area (Å²) in [7, 11) is 1.59. The molecule has 0 fully saturated rings. The lowest BCUT2D eigenvalue weighted by atomic mass is 10.2. The maximum absolute atomic E-state index is 5.58. The number of furan rings is 1. The van der Waals surface area contributed by atoms with Crippen molar-refractivity contribution in [1.29, 1.82) is 0 Å². The molecule has 1 unspecified atom stereocenters. The Labute approximate surface area is 117 Å². The third kappa shape index (κ3) is 3.46. The average molecular weight is 277 g/mol. The van der Waals surface area contributed by atoms with Crippen LogP contribution in [-0.2, 0) is 11.3 Å². The van der Waals surface area contributed by atoms with E-state index in [1.54, 1.807) is 13.2 Å². The Morgan fingerprint density at radius 3 is 2.70 bits per heavy atom. The average Bonchev–Trinajstić information content (AvgIpc) is 2.85. The number of methoxy groups -OCH3 is 1. The molecule has 2 rings (SSSR count). The number of aryl methyl sites for hydroxylation is 1. The molecular weight excluding hydrogens is 258 g/mol. The van der Waals surface area contributed by atoms with Gasteiger partial charge in [0, 0.05) is 13.2 Å². The number of nitrogens with two attached hydrogens (primary N) is 1. The van der Waals surface area contributed by atoms with Crippen LogP contribution in [0.5, 0.6) is 0 Å². The highest BCUT2D eigenvalue weighted by atomic mass is 16.5. The molecule has 0 aliphatic rings. The zero-order valence-electron chi connectivity index (χ0n) is 11.8. The van der Waals surface area contributed by atoms with Gasteiger partial charge < -0.3 is 19.9 Å². The molecule has 7 nitrogen and oxygen atoms in total. The van der Waals surface area contributed by atoms with Gasteiger partial charge >= 0.3 is 0 Å². The van der Waals surface area contributed by atoms with Crippen LogP contribution in [0.1, 0.15) is 30.3 Å². The molecule has 0 aliphatic heterocycles. The highest BCUT2D eigenvalue weighted by Gasteiger charge is 2.11. The molecule has 20 heavy (non-hydrogen) atoms. The van der Waals surface area contributed by atoms with Gasteiger partial charge in [-0.1, -0.05) is 0 Å². The van der Waals surface area contributed by atoms with E-state index >= 15 is 0 Å². The van der Waals surface area contributed by atoms with Crippen molar-refractivity contribution < 1.29 is 9.15 Å².